The molecule has 8 heteroatoms. The Labute approximate surface area is 327 Å². The number of amides is 1. The summed E-state index contributed by atoms with van der Waals surface area (Å²) >= 11 is 0. The lowest BCUT2D eigenvalue weighted by Crippen LogP contribution is -2.36. The van der Waals surface area contributed by atoms with Crippen molar-refractivity contribution in [2.45, 2.75) is 207 Å². The fourth-order valence-electron chi connectivity index (χ4n) is 6.03. The molecule has 0 radical (unpaired) electrons. The van der Waals surface area contributed by atoms with Crippen LogP contribution in [-0.4, -0.2) is 68.9 Å². The van der Waals surface area contributed by atoms with Crippen molar-refractivity contribution in [1.29, 1.82) is 0 Å². The summed E-state index contributed by atoms with van der Waals surface area (Å²) in [6.07, 6.45) is 39.6. The molecular formula is C45H84N2O6. The van der Waals surface area contributed by atoms with Crippen LogP contribution in [0.4, 0.5) is 4.79 Å². The predicted molar refractivity (Wildman–Crippen MR) is 222 cm³/mol. The minimum atomic E-state index is -0.826. The lowest BCUT2D eigenvalue weighted by Gasteiger charge is -2.19. The van der Waals surface area contributed by atoms with Gasteiger partial charge in [-0.3, -0.25) is 9.59 Å². The monoisotopic (exact) mass is 749 g/mol. The van der Waals surface area contributed by atoms with Gasteiger partial charge in [0.1, 0.15) is 13.2 Å². The number of hydrogen-bond acceptors (Lipinski definition) is 7. The Kier molecular flexibility index (Phi) is 39.0. The minimum absolute atomic E-state index is 0.117. The van der Waals surface area contributed by atoms with Crippen molar-refractivity contribution >= 4 is 18.0 Å². The van der Waals surface area contributed by atoms with E-state index < -0.39 is 12.2 Å². The molecule has 0 saturated heterocycles. The van der Waals surface area contributed by atoms with Crippen LogP contribution in [0, 0.1) is 0 Å². The molecule has 53 heavy (non-hydrogen) atoms. The van der Waals surface area contributed by atoms with Crippen LogP contribution in [0.25, 0.3) is 0 Å². The molecule has 0 aromatic rings. The molecule has 0 aliphatic carbocycles. The minimum Gasteiger partial charge on any atom is -0.462 e. The van der Waals surface area contributed by atoms with Gasteiger partial charge in [-0.25, -0.2) is 4.79 Å². The molecule has 0 aromatic heterocycles. The molecule has 0 aliphatic rings. The van der Waals surface area contributed by atoms with E-state index in [9.17, 15) is 14.4 Å². The van der Waals surface area contributed by atoms with E-state index in [2.05, 4.69) is 48.4 Å². The topological polar surface area (TPSA) is 94.2 Å². The van der Waals surface area contributed by atoms with Crippen LogP contribution in [-0.2, 0) is 23.8 Å². The van der Waals surface area contributed by atoms with Crippen molar-refractivity contribution < 1.29 is 28.6 Å². The van der Waals surface area contributed by atoms with Gasteiger partial charge >= 0.3 is 18.0 Å². The zero-order valence-electron chi connectivity index (χ0n) is 35.1. The summed E-state index contributed by atoms with van der Waals surface area (Å²) in [5.41, 5.74) is 0. The fourth-order valence-corrected chi connectivity index (χ4v) is 6.03. The van der Waals surface area contributed by atoms with Crippen molar-refractivity contribution in [2.24, 2.45) is 0 Å². The number of carbonyl (C=O) groups excluding carboxylic acids is 3. The van der Waals surface area contributed by atoms with Gasteiger partial charge in [0.05, 0.1) is 0 Å². The van der Waals surface area contributed by atoms with Crippen LogP contribution in [0.5, 0.6) is 0 Å². The number of carbonyl (C=O) groups is 3. The number of nitrogens with zero attached hydrogens (tertiary/aromatic N) is 1. The molecule has 0 bridgehead atoms. The first-order valence-electron chi connectivity index (χ1n) is 22.2. The summed E-state index contributed by atoms with van der Waals surface area (Å²) < 4.78 is 16.4. The molecule has 0 aromatic carbocycles. The molecule has 0 saturated carbocycles. The quantitative estimate of drug-likeness (QED) is 0.0289. The zero-order valence-corrected chi connectivity index (χ0v) is 35.1. The SMILES string of the molecule is CCCCCCCC/C=C\CCCCCCCC(=O)OCC(COC(=O)NCCN(C)CC)OC(=O)CCCCCCC/C=C\CCCCCCCC. The first-order valence-corrected chi connectivity index (χ1v) is 22.2. The van der Waals surface area contributed by atoms with Gasteiger partial charge in [-0.15, -0.1) is 0 Å². The van der Waals surface area contributed by atoms with Gasteiger partial charge in [-0.1, -0.05) is 148 Å². The summed E-state index contributed by atoms with van der Waals surface area (Å²) in [6, 6.07) is 0. The van der Waals surface area contributed by atoms with Crippen LogP contribution in [0.1, 0.15) is 201 Å². The molecule has 0 heterocycles. The van der Waals surface area contributed by atoms with E-state index in [1.165, 1.54) is 109 Å². The lowest BCUT2D eigenvalue weighted by atomic mass is 10.1. The molecule has 8 nitrogen and oxygen atoms in total. The molecule has 310 valence electrons. The Balaban J connectivity index is 4.26. The molecule has 1 unspecified atom stereocenters. The molecule has 1 N–H and O–H groups in total. The number of likely N-dealkylation sites (N-methyl/N-ethyl adjacent to an activating group) is 1. The Hall–Kier alpha value is -2.35. The van der Waals surface area contributed by atoms with Crippen molar-refractivity contribution in [3.05, 3.63) is 24.3 Å². The molecule has 1 amide bonds. The molecule has 1 atom stereocenters. The van der Waals surface area contributed by atoms with Crippen LogP contribution >= 0.6 is 0 Å². The van der Waals surface area contributed by atoms with Crippen molar-refractivity contribution in [2.75, 3.05) is 39.9 Å². The highest BCUT2D eigenvalue weighted by Gasteiger charge is 2.19. The second kappa shape index (κ2) is 40.8. The number of rotatable bonds is 39. The summed E-state index contributed by atoms with van der Waals surface area (Å²) in [5.74, 6) is -0.664. The average molecular weight is 749 g/mol. The molecule has 0 fully saturated rings. The third-order valence-corrected chi connectivity index (χ3v) is 9.72. The lowest BCUT2D eigenvalue weighted by molar-refractivity contribution is -0.161. The van der Waals surface area contributed by atoms with Gasteiger partial charge in [0, 0.05) is 25.9 Å². The maximum absolute atomic E-state index is 12.6. The van der Waals surface area contributed by atoms with E-state index in [-0.39, 0.29) is 25.2 Å². The van der Waals surface area contributed by atoms with Crippen molar-refractivity contribution in [3.8, 4) is 0 Å². The number of esters is 2. The number of nitrogens with one attached hydrogen (secondary N) is 1. The zero-order chi connectivity index (χ0) is 38.9. The van der Waals surface area contributed by atoms with Gasteiger partial charge < -0.3 is 24.4 Å². The summed E-state index contributed by atoms with van der Waals surface area (Å²) in [6.45, 7) is 8.32. The maximum atomic E-state index is 12.6. The van der Waals surface area contributed by atoms with Crippen molar-refractivity contribution in [1.82, 2.24) is 10.2 Å². The van der Waals surface area contributed by atoms with Gasteiger partial charge in [0.2, 0.25) is 0 Å². The second-order valence-corrected chi connectivity index (χ2v) is 14.9. The third kappa shape index (κ3) is 39.2. The van der Waals surface area contributed by atoms with E-state index in [4.69, 9.17) is 14.2 Å². The Morgan fingerprint density at radius 1 is 0.528 bits per heavy atom. The first kappa shape index (κ1) is 50.6. The van der Waals surface area contributed by atoms with Gasteiger partial charge in [-0.05, 0) is 77.8 Å². The van der Waals surface area contributed by atoms with E-state index in [0.717, 1.165) is 64.3 Å². The first-order chi connectivity index (χ1) is 25.9. The molecular weight excluding hydrogens is 665 g/mol. The van der Waals surface area contributed by atoms with E-state index in [1.807, 2.05) is 14.0 Å². The number of unbranched alkanes of at least 4 members (excludes halogenated alkanes) is 22. The van der Waals surface area contributed by atoms with Crippen LogP contribution in [0.2, 0.25) is 0 Å². The Morgan fingerprint density at radius 3 is 1.38 bits per heavy atom. The Bertz CT molecular complexity index is 892. The van der Waals surface area contributed by atoms with Crippen LogP contribution < -0.4 is 5.32 Å². The third-order valence-electron chi connectivity index (χ3n) is 9.72. The van der Waals surface area contributed by atoms with Gasteiger partial charge in [0.15, 0.2) is 6.10 Å². The predicted octanol–water partition coefficient (Wildman–Crippen LogP) is 12.2. The van der Waals surface area contributed by atoms with Crippen LogP contribution in [0.3, 0.4) is 0 Å². The normalized spacial score (nSPS) is 12.2. The fraction of sp³-hybridized carbons (Fsp3) is 0.844. The summed E-state index contributed by atoms with van der Waals surface area (Å²) in [5, 5.41) is 2.72. The maximum Gasteiger partial charge on any atom is 0.407 e. The smallest absolute Gasteiger partial charge is 0.407 e. The number of hydrogen-bond donors (Lipinski definition) is 1. The highest BCUT2D eigenvalue weighted by molar-refractivity contribution is 5.70. The standard InChI is InChI=1S/C45H84N2O6/c1-5-8-10-12-14-16-18-20-22-24-26-28-30-32-34-36-43(48)51-40-42(41-52-45(50)46-38-39-47(4)7-3)53-44(49)37-35-33-31-29-27-25-23-21-19-17-15-13-11-9-6-2/h20-23,42H,5-19,24-41H2,1-4H3,(H,46,50)/b22-20-,23-21-. The molecule has 0 aliphatic heterocycles. The highest BCUT2D eigenvalue weighted by Crippen LogP contribution is 2.13. The number of ether oxygens (including phenoxy) is 3. The second-order valence-electron chi connectivity index (χ2n) is 14.9. The van der Waals surface area contributed by atoms with E-state index in [0.29, 0.717) is 25.9 Å². The summed E-state index contributed by atoms with van der Waals surface area (Å²) in [7, 11) is 1.98. The molecule has 0 rings (SSSR count). The van der Waals surface area contributed by atoms with Crippen molar-refractivity contribution in [3.63, 3.8) is 0 Å². The number of allylic oxidation sites excluding steroid dienone is 4. The molecule has 0 spiro atoms. The Morgan fingerprint density at radius 2 is 0.925 bits per heavy atom. The highest BCUT2D eigenvalue weighted by atomic mass is 16.6. The van der Waals surface area contributed by atoms with Gasteiger partial charge in [-0.2, -0.15) is 0 Å². The van der Waals surface area contributed by atoms with Crippen LogP contribution in [0.15, 0.2) is 24.3 Å². The summed E-state index contributed by atoms with van der Waals surface area (Å²) in [4.78, 5) is 39.4. The van der Waals surface area contributed by atoms with E-state index >= 15 is 0 Å². The van der Waals surface area contributed by atoms with Gasteiger partial charge in [0.25, 0.3) is 0 Å². The average Bonchev–Trinajstić information content (AvgIpc) is 3.15. The number of alkyl carbamates (subject to hydrolysis) is 1. The largest absolute Gasteiger partial charge is 0.462 e. The van der Waals surface area contributed by atoms with E-state index in [1.54, 1.807) is 0 Å².